The van der Waals surface area contributed by atoms with Gasteiger partial charge in [-0.15, -0.1) is 0 Å². The summed E-state index contributed by atoms with van der Waals surface area (Å²) in [5.41, 5.74) is 0.399. The zero-order chi connectivity index (χ0) is 10.3. The van der Waals surface area contributed by atoms with Gasteiger partial charge < -0.3 is 10.2 Å². The first-order valence-corrected chi connectivity index (χ1v) is 4.58. The van der Waals surface area contributed by atoms with E-state index < -0.39 is 5.97 Å². The van der Waals surface area contributed by atoms with Crippen molar-refractivity contribution in [1.29, 1.82) is 0 Å². The van der Waals surface area contributed by atoms with Crippen LogP contribution in [0.4, 0.5) is 0 Å². The molecule has 1 atom stereocenters. The van der Waals surface area contributed by atoms with Crippen molar-refractivity contribution >= 4 is 5.97 Å². The number of hydrogen-bond acceptors (Lipinski definition) is 2. The van der Waals surface area contributed by atoms with E-state index in [1.165, 1.54) is 0 Å². The molecule has 0 aliphatic carbocycles. The first-order chi connectivity index (χ1) is 6.07. The molecule has 13 heavy (non-hydrogen) atoms. The summed E-state index contributed by atoms with van der Waals surface area (Å²) in [6, 6.07) is 0. The highest BCUT2D eigenvalue weighted by atomic mass is 16.4. The van der Waals surface area contributed by atoms with Gasteiger partial charge in [-0.1, -0.05) is 13.0 Å². The molecule has 76 valence electrons. The molecule has 0 aromatic rings. The zero-order valence-corrected chi connectivity index (χ0v) is 8.29. The number of aliphatic carboxylic acids is 1. The smallest absolute Gasteiger partial charge is 0.330 e. The van der Waals surface area contributed by atoms with Gasteiger partial charge in [-0.2, -0.15) is 0 Å². The Labute approximate surface area is 79.1 Å². The molecule has 0 amide bonds. The maximum absolute atomic E-state index is 10.4. The Balaban J connectivity index is 3.65. The van der Waals surface area contributed by atoms with Crippen molar-refractivity contribution in [2.24, 2.45) is 5.92 Å². The van der Waals surface area contributed by atoms with Crippen LogP contribution >= 0.6 is 0 Å². The van der Waals surface area contributed by atoms with Gasteiger partial charge in [0.1, 0.15) is 0 Å². The van der Waals surface area contributed by atoms with Crippen molar-refractivity contribution in [1.82, 2.24) is 0 Å². The molecule has 3 nitrogen and oxygen atoms in total. The Morgan fingerprint density at radius 3 is 2.54 bits per heavy atom. The Morgan fingerprint density at radius 2 is 2.08 bits per heavy atom. The number of carboxylic acids is 1. The van der Waals surface area contributed by atoms with Crippen LogP contribution in [0.25, 0.3) is 0 Å². The van der Waals surface area contributed by atoms with Crippen molar-refractivity contribution in [3.8, 4) is 0 Å². The number of carboxylic acid groups (broad SMARTS) is 1. The van der Waals surface area contributed by atoms with Gasteiger partial charge >= 0.3 is 5.97 Å². The largest absolute Gasteiger partial charge is 0.478 e. The third kappa shape index (κ3) is 6.34. The number of aliphatic hydroxyl groups is 1. The lowest BCUT2D eigenvalue weighted by atomic mass is 10.0. The van der Waals surface area contributed by atoms with E-state index in [1.807, 2.05) is 0 Å². The molecule has 0 saturated heterocycles. The third-order valence-corrected chi connectivity index (χ3v) is 2.07. The average Bonchev–Trinajstić information content (AvgIpc) is 2.04. The Kier molecular flexibility index (Phi) is 6.24. The highest BCUT2D eigenvalue weighted by Crippen LogP contribution is 2.10. The monoisotopic (exact) mass is 186 g/mol. The van der Waals surface area contributed by atoms with E-state index in [9.17, 15) is 4.79 Å². The predicted octanol–water partition coefficient (Wildman–Crippen LogP) is 1.82. The molecule has 0 unspecified atom stereocenters. The maximum atomic E-state index is 10.4. The Hall–Kier alpha value is -0.830. The quantitative estimate of drug-likeness (QED) is 0.622. The molecule has 2 N–H and O–H groups in total. The van der Waals surface area contributed by atoms with Gasteiger partial charge in [0.2, 0.25) is 0 Å². The van der Waals surface area contributed by atoms with Gasteiger partial charge in [0, 0.05) is 12.2 Å². The lowest BCUT2D eigenvalue weighted by Gasteiger charge is -2.06. The summed E-state index contributed by atoms with van der Waals surface area (Å²) in [5.74, 6) is -0.391. The minimum Gasteiger partial charge on any atom is -0.478 e. The number of rotatable bonds is 6. The fraction of sp³-hybridized carbons (Fsp3) is 0.700. The van der Waals surface area contributed by atoms with Crippen LogP contribution in [0.5, 0.6) is 0 Å². The van der Waals surface area contributed by atoms with E-state index in [0.717, 1.165) is 19.3 Å². The first kappa shape index (κ1) is 12.2. The Bertz CT molecular complexity index is 185. The molecule has 0 fully saturated rings. The Morgan fingerprint density at radius 1 is 1.46 bits per heavy atom. The minimum absolute atomic E-state index is 0.211. The van der Waals surface area contributed by atoms with Crippen LogP contribution in [0.3, 0.4) is 0 Å². The van der Waals surface area contributed by atoms with E-state index in [-0.39, 0.29) is 6.61 Å². The molecular formula is C10H18O3. The second-order valence-corrected chi connectivity index (χ2v) is 3.39. The third-order valence-electron chi connectivity index (χ3n) is 2.07. The van der Waals surface area contributed by atoms with Crippen molar-refractivity contribution in [3.05, 3.63) is 11.6 Å². The molecule has 3 heteroatoms. The number of hydrogen-bond donors (Lipinski definition) is 2. The van der Waals surface area contributed by atoms with Crippen LogP contribution < -0.4 is 0 Å². The second kappa shape index (κ2) is 6.66. The molecule has 0 saturated carbocycles. The molecule has 0 aliphatic rings. The molecule has 0 aliphatic heterocycles. The topological polar surface area (TPSA) is 57.5 Å². The highest BCUT2D eigenvalue weighted by molar-refractivity contribution is 5.85. The van der Waals surface area contributed by atoms with Crippen LogP contribution in [-0.4, -0.2) is 22.8 Å². The lowest BCUT2D eigenvalue weighted by Crippen LogP contribution is -1.99. The first-order valence-electron chi connectivity index (χ1n) is 4.58. The summed E-state index contributed by atoms with van der Waals surface area (Å²) in [6.45, 7) is 3.86. The summed E-state index contributed by atoms with van der Waals surface area (Å²) in [7, 11) is 0. The van der Waals surface area contributed by atoms with Crippen molar-refractivity contribution in [2.45, 2.75) is 33.1 Å². The lowest BCUT2D eigenvalue weighted by molar-refractivity contribution is -0.132. The number of allylic oxidation sites excluding steroid dienone is 1. The molecule has 0 aromatic carbocycles. The fourth-order valence-corrected chi connectivity index (χ4v) is 1.04. The van der Waals surface area contributed by atoms with E-state index in [2.05, 4.69) is 6.92 Å². The van der Waals surface area contributed by atoms with Crippen molar-refractivity contribution in [3.63, 3.8) is 0 Å². The summed E-state index contributed by atoms with van der Waals surface area (Å²) < 4.78 is 0. The second-order valence-electron chi connectivity index (χ2n) is 3.39. The molecule has 0 heterocycles. The summed E-state index contributed by atoms with van der Waals surface area (Å²) in [5, 5.41) is 17.2. The molecule has 0 bridgehead atoms. The fourth-order valence-electron chi connectivity index (χ4n) is 1.04. The van der Waals surface area contributed by atoms with Crippen LogP contribution in [0.15, 0.2) is 11.6 Å². The van der Waals surface area contributed by atoms with Crippen molar-refractivity contribution in [2.75, 3.05) is 6.61 Å². The normalized spacial score (nSPS) is 14.2. The van der Waals surface area contributed by atoms with Gasteiger partial charge in [0.15, 0.2) is 0 Å². The molecular weight excluding hydrogens is 168 g/mol. The number of carbonyl (C=O) groups is 1. The summed E-state index contributed by atoms with van der Waals surface area (Å²) >= 11 is 0. The van der Waals surface area contributed by atoms with Crippen LogP contribution in [0.2, 0.25) is 0 Å². The summed E-state index contributed by atoms with van der Waals surface area (Å²) in [6.07, 6.45) is 4.24. The molecule has 0 radical (unpaired) electrons. The van der Waals surface area contributed by atoms with E-state index in [1.54, 1.807) is 13.0 Å². The maximum Gasteiger partial charge on any atom is 0.330 e. The standard InChI is InChI=1S/C10H18O3/c1-8(6-7-11)4-3-5-9(2)10(12)13/h5,8,11H,3-4,6-7H2,1-2H3,(H,12,13)/b9-5+/t8-/m0/s1. The zero-order valence-electron chi connectivity index (χ0n) is 8.29. The van der Waals surface area contributed by atoms with Gasteiger partial charge in [0.25, 0.3) is 0 Å². The molecule has 0 spiro atoms. The molecule has 0 aromatic heterocycles. The molecule has 0 rings (SSSR count). The average molecular weight is 186 g/mol. The van der Waals surface area contributed by atoms with E-state index >= 15 is 0 Å². The van der Waals surface area contributed by atoms with Gasteiger partial charge in [0.05, 0.1) is 0 Å². The minimum atomic E-state index is -0.852. The van der Waals surface area contributed by atoms with Gasteiger partial charge in [-0.05, 0) is 32.1 Å². The highest BCUT2D eigenvalue weighted by Gasteiger charge is 2.01. The van der Waals surface area contributed by atoms with Crippen LogP contribution in [-0.2, 0) is 4.79 Å². The van der Waals surface area contributed by atoms with Crippen LogP contribution in [0, 0.1) is 5.92 Å². The SMILES string of the molecule is C/C(=C\CC[C@H](C)CCO)C(=O)O. The number of aliphatic hydroxyl groups excluding tert-OH is 1. The van der Waals surface area contributed by atoms with Gasteiger partial charge in [-0.25, -0.2) is 4.79 Å². The van der Waals surface area contributed by atoms with Crippen LogP contribution in [0.1, 0.15) is 33.1 Å². The van der Waals surface area contributed by atoms with Gasteiger partial charge in [-0.3, -0.25) is 0 Å². The predicted molar refractivity (Wildman–Crippen MR) is 51.5 cm³/mol. The summed E-state index contributed by atoms with van der Waals surface area (Å²) in [4.78, 5) is 10.4. The van der Waals surface area contributed by atoms with Crippen molar-refractivity contribution < 1.29 is 15.0 Å². The van der Waals surface area contributed by atoms with E-state index in [4.69, 9.17) is 10.2 Å². The van der Waals surface area contributed by atoms with E-state index in [0.29, 0.717) is 11.5 Å².